The Bertz CT molecular complexity index is 658. The molecule has 0 aliphatic carbocycles. The second kappa shape index (κ2) is 9.19. The number of methoxy groups -OCH3 is 1. The summed E-state index contributed by atoms with van der Waals surface area (Å²) >= 11 is 0. The molecular formula is C20H30N4O3. The number of para-hydroxylation sites is 2. The number of nitrogens with one attached hydrogen (secondary N) is 1. The number of nitrogens with zero attached hydrogens (tertiary/aromatic N) is 3. The summed E-state index contributed by atoms with van der Waals surface area (Å²) < 4.78 is 5.46. The molecule has 1 aromatic carbocycles. The Balaban J connectivity index is 1.42. The molecule has 2 amide bonds. The molecule has 1 unspecified atom stereocenters. The Morgan fingerprint density at radius 3 is 2.56 bits per heavy atom. The van der Waals surface area contributed by atoms with Crippen molar-refractivity contribution in [2.24, 2.45) is 5.92 Å². The van der Waals surface area contributed by atoms with Crippen LogP contribution < -0.4 is 15.0 Å². The van der Waals surface area contributed by atoms with Crippen LogP contribution >= 0.6 is 0 Å². The molecule has 0 aromatic heterocycles. The number of benzene rings is 1. The number of piperazine rings is 1. The van der Waals surface area contributed by atoms with Crippen molar-refractivity contribution in [3.8, 4) is 5.75 Å². The van der Waals surface area contributed by atoms with Gasteiger partial charge in [0.25, 0.3) is 0 Å². The van der Waals surface area contributed by atoms with E-state index in [2.05, 4.69) is 21.2 Å². The van der Waals surface area contributed by atoms with Gasteiger partial charge < -0.3 is 15.0 Å². The summed E-state index contributed by atoms with van der Waals surface area (Å²) in [7, 11) is 3.52. The molecule has 7 nitrogen and oxygen atoms in total. The number of carbonyl (C=O) groups is 2. The highest BCUT2D eigenvalue weighted by atomic mass is 16.5. The van der Waals surface area contributed by atoms with Crippen LogP contribution in [0.15, 0.2) is 24.3 Å². The molecule has 7 heteroatoms. The highest BCUT2D eigenvalue weighted by molar-refractivity contribution is 6.03. The van der Waals surface area contributed by atoms with Crippen LogP contribution in [-0.4, -0.2) is 81.6 Å². The van der Waals surface area contributed by atoms with Crippen LogP contribution in [0.25, 0.3) is 0 Å². The van der Waals surface area contributed by atoms with Crippen LogP contribution in [0.3, 0.4) is 0 Å². The first-order valence-corrected chi connectivity index (χ1v) is 9.73. The van der Waals surface area contributed by atoms with Gasteiger partial charge in [-0.3, -0.25) is 19.4 Å². The quantitative estimate of drug-likeness (QED) is 0.679. The molecule has 2 aliphatic rings. The topological polar surface area (TPSA) is 65.1 Å². The van der Waals surface area contributed by atoms with Gasteiger partial charge in [0.1, 0.15) is 5.75 Å². The molecule has 0 bridgehead atoms. The molecule has 2 fully saturated rings. The molecule has 0 spiro atoms. The SMILES string of the molecule is CNCC1CC(=O)N(CCCN2CCN(c3ccccc3OC)CC2)C1=O. The van der Waals surface area contributed by atoms with Crippen LogP contribution in [0.5, 0.6) is 5.75 Å². The van der Waals surface area contributed by atoms with Crippen LogP contribution in [0.4, 0.5) is 5.69 Å². The number of amides is 2. The van der Waals surface area contributed by atoms with Gasteiger partial charge in [0, 0.05) is 45.7 Å². The van der Waals surface area contributed by atoms with E-state index >= 15 is 0 Å². The van der Waals surface area contributed by atoms with Crippen molar-refractivity contribution in [3.05, 3.63) is 24.3 Å². The van der Waals surface area contributed by atoms with Gasteiger partial charge in [-0.25, -0.2) is 0 Å². The van der Waals surface area contributed by atoms with Gasteiger partial charge in [-0.15, -0.1) is 0 Å². The highest BCUT2D eigenvalue weighted by Gasteiger charge is 2.37. The van der Waals surface area contributed by atoms with E-state index in [0.29, 0.717) is 19.5 Å². The number of hydrogen-bond donors (Lipinski definition) is 1. The molecule has 1 aromatic rings. The minimum Gasteiger partial charge on any atom is -0.495 e. The van der Waals surface area contributed by atoms with E-state index in [0.717, 1.165) is 50.6 Å². The summed E-state index contributed by atoms with van der Waals surface area (Å²) in [6.07, 6.45) is 1.18. The lowest BCUT2D eigenvalue weighted by atomic mass is 10.1. The molecule has 148 valence electrons. The summed E-state index contributed by atoms with van der Waals surface area (Å²) in [5.41, 5.74) is 1.14. The van der Waals surface area contributed by atoms with Gasteiger partial charge in [0.15, 0.2) is 0 Å². The van der Waals surface area contributed by atoms with Crippen molar-refractivity contribution in [1.29, 1.82) is 0 Å². The highest BCUT2D eigenvalue weighted by Crippen LogP contribution is 2.28. The van der Waals surface area contributed by atoms with Crippen molar-refractivity contribution in [1.82, 2.24) is 15.1 Å². The predicted octanol–water partition coefficient (Wildman–Crippen LogP) is 0.802. The monoisotopic (exact) mass is 374 g/mol. The van der Waals surface area contributed by atoms with Crippen molar-refractivity contribution >= 4 is 17.5 Å². The van der Waals surface area contributed by atoms with E-state index in [1.54, 1.807) is 7.11 Å². The molecule has 1 N–H and O–H groups in total. The van der Waals surface area contributed by atoms with Crippen molar-refractivity contribution in [3.63, 3.8) is 0 Å². The summed E-state index contributed by atoms with van der Waals surface area (Å²) in [6, 6.07) is 8.12. The Hall–Kier alpha value is -2.12. The second-order valence-corrected chi connectivity index (χ2v) is 7.20. The number of ether oxygens (including phenoxy) is 1. The van der Waals surface area contributed by atoms with Crippen molar-refractivity contribution in [2.45, 2.75) is 12.8 Å². The number of hydrogen-bond acceptors (Lipinski definition) is 6. The van der Waals surface area contributed by atoms with Crippen molar-refractivity contribution < 1.29 is 14.3 Å². The van der Waals surface area contributed by atoms with Crippen LogP contribution in [0, 0.1) is 5.92 Å². The molecule has 27 heavy (non-hydrogen) atoms. The molecule has 1 atom stereocenters. The van der Waals surface area contributed by atoms with Gasteiger partial charge in [0.05, 0.1) is 18.7 Å². The first-order valence-electron chi connectivity index (χ1n) is 9.73. The van der Waals surface area contributed by atoms with E-state index in [-0.39, 0.29) is 17.7 Å². The number of imide groups is 1. The van der Waals surface area contributed by atoms with E-state index in [1.807, 2.05) is 25.2 Å². The maximum absolute atomic E-state index is 12.3. The molecular weight excluding hydrogens is 344 g/mol. The minimum absolute atomic E-state index is 0.0182. The molecule has 0 radical (unpaired) electrons. The molecule has 2 saturated heterocycles. The van der Waals surface area contributed by atoms with Gasteiger partial charge in [-0.2, -0.15) is 0 Å². The van der Waals surface area contributed by atoms with Crippen LogP contribution in [-0.2, 0) is 9.59 Å². The van der Waals surface area contributed by atoms with Gasteiger partial charge in [0.2, 0.25) is 11.8 Å². The van der Waals surface area contributed by atoms with Crippen molar-refractivity contribution in [2.75, 3.05) is 64.9 Å². The number of rotatable bonds is 8. The lowest BCUT2D eigenvalue weighted by Gasteiger charge is -2.36. The fourth-order valence-electron chi connectivity index (χ4n) is 3.95. The van der Waals surface area contributed by atoms with E-state index in [9.17, 15) is 9.59 Å². The first kappa shape index (κ1) is 19.6. The normalized spacial score (nSPS) is 21.2. The first-order chi connectivity index (χ1) is 13.1. The molecule has 2 aliphatic heterocycles. The zero-order valence-electron chi connectivity index (χ0n) is 16.3. The Morgan fingerprint density at radius 1 is 1.11 bits per heavy atom. The van der Waals surface area contributed by atoms with E-state index in [1.165, 1.54) is 4.90 Å². The second-order valence-electron chi connectivity index (χ2n) is 7.20. The largest absolute Gasteiger partial charge is 0.495 e. The molecule has 0 saturated carbocycles. The average Bonchev–Trinajstić information content (AvgIpc) is 2.96. The van der Waals surface area contributed by atoms with Crippen LogP contribution in [0.1, 0.15) is 12.8 Å². The van der Waals surface area contributed by atoms with E-state index in [4.69, 9.17) is 4.74 Å². The third-order valence-electron chi connectivity index (χ3n) is 5.44. The van der Waals surface area contributed by atoms with Crippen LogP contribution in [0.2, 0.25) is 0 Å². The smallest absolute Gasteiger partial charge is 0.234 e. The number of anilines is 1. The van der Waals surface area contributed by atoms with Gasteiger partial charge in [-0.1, -0.05) is 12.1 Å². The fourth-order valence-corrected chi connectivity index (χ4v) is 3.95. The summed E-state index contributed by atoms with van der Waals surface area (Å²) in [5, 5.41) is 2.99. The standard InChI is InChI=1S/C20H30N4O3/c1-21-15-16-14-19(25)24(20(16)26)9-5-8-22-10-12-23(13-11-22)17-6-3-4-7-18(17)27-2/h3-4,6-7,16,21H,5,8-15H2,1-2H3. The maximum atomic E-state index is 12.3. The maximum Gasteiger partial charge on any atom is 0.234 e. The third-order valence-corrected chi connectivity index (χ3v) is 5.44. The summed E-state index contributed by atoms with van der Waals surface area (Å²) in [4.78, 5) is 30.5. The molecule has 3 rings (SSSR count). The lowest BCUT2D eigenvalue weighted by Crippen LogP contribution is -2.47. The Labute approximate surface area is 161 Å². The Morgan fingerprint density at radius 2 is 1.85 bits per heavy atom. The summed E-state index contributed by atoms with van der Waals surface area (Å²) in [6.45, 7) is 5.87. The summed E-state index contributed by atoms with van der Waals surface area (Å²) in [5.74, 6) is 0.677. The number of likely N-dealkylation sites (tertiary alicyclic amines) is 1. The van der Waals surface area contributed by atoms with E-state index < -0.39 is 0 Å². The fraction of sp³-hybridized carbons (Fsp3) is 0.600. The predicted molar refractivity (Wildman–Crippen MR) is 105 cm³/mol. The minimum atomic E-state index is -0.188. The Kier molecular flexibility index (Phi) is 6.68. The zero-order chi connectivity index (χ0) is 19.2. The average molecular weight is 374 g/mol. The third kappa shape index (κ3) is 4.59. The number of carbonyl (C=O) groups excluding carboxylic acids is 2. The van der Waals surface area contributed by atoms with Gasteiger partial charge in [-0.05, 0) is 32.1 Å². The van der Waals surface area contributed by atoms with Gasteiger partial charge >= 0.3 is 0 Å². The lowest BCUT2D eigenvalue weighted by molar-refractivity contribution is -0.139. The molecule has 2 heterocycles. The zero-order valence-corrected chi connectivity index (χ0v) is 16.3.